The molecule has 0 aliphatic rings. The molecule has 0 unspecified atom stereocenters. The SMILES string of the molecule is CC(C)(C)NCc1ncn(CCSc2ccccc2)n1. The lowest BCUT2D eigenvalue weighted by Crippen LogP contribution is -2.35. The first kappa shape index (κ1) is 15.1. The van der Waals surface area contributed by atoms with E-state index >= 15 is 0 Å². The molecule has 1 aromatic heterocycles. The van der Waals surface area contributed by atoms with Crippen molar-refractivity contribution in [3.8, 4) is 0 Å². The van der Waals surface area contributed by atoms with Crippen LogP contribution in [0.5, 0.6) is 0 Å². The highest BCUT2D eigenvalue weighted by Gasteiger charge is 2.10. The fraction of sp³-hybridized carbons (Fsp3) is 0.467. The average Bonchev–Trinajstić information content (AvgIpc) is 2.85. The normalized spacial score (nSPS) is 11.8. The fourth-order valence-electron chi connectivity index (χ4n) is 1.64. The van der Waals surface area contributed by atoms with Crippen LogP contribution in [0.4, 0.5) is 0 Å². The Bertz CT molecular complexity index is 516. The van der Waals surface area contributed by atoms with E-state index in [2.05, 4.69) is 60.4 Å². The summed E-state index contributed by atoms with van der Waals surface area (Å²) in [5.74, 6) is 1.85. The summed E-state index contributed by atoms with van der Waals surface area (Å²) < 4.78 is 1.91. The minimum absolute atomic E-state index is 0.0919. The molecule has 0 atom stereocenters. The summed E-state index contributed by atoms with van der Waals surface area (Å²) in [6.45, 7) is 8.01. The maximum Gasteiger partial charge on any atom is 0.164 e. The zero-order chi connectivity index (χ0) is 14.4. The van der Waals surface area contributed by atoms with Crippen LogP contribution in [0.25, 0.3) is 0 Å². The van der Waals surface area contributed by atoms with Gasteiger partial charge in [-0.1, -0.05) is 18.2 Å². The van der Waals surface area contributed by atoms with E-state index in [1.54, 1.807) is 0 Å². The van der Waals surface area contributed by atoms with Crippen molar-refractivity contribution in [2.45, 2.75) is 44.3 Å². The zero-order valence-corrected chi connectivity index (χ0v) is 13.2. The molecule has 0 saturated heterocycles. The van der Waals surface area contributed by atoms with Crippen LogP contribution in [-0.2, 0) is 13.1 Å². The molecule has 1 aromatic carbocycles. The van der Waals surface area contributed by atoms with Gasteiger partial charge in [-0.2, -0.15) is 5.10 Å². The number of aryl methyl sites for hydroxylation is 1. The molecule has 0 spiro atoms. The van der Waals surface area contributed by atoms with Crippen molar-refractivity contribution in [1.29, 1.82) is 0 Å². The number of benzene rings is 1. The van der Waals surface area contributed by atoms with E-state index < -0.39 is 0 Å². The predicted molar refractivity (Wildman–Crippen MR) is 83.8 cm³/mol. The van der Waals surface area contributed by atoms with Gasteiger partial charge >= 0.3 is 0 Å². The van der Waals surface area contributed by atoms with Crippen molar-refractivity contribution in [3.05, 3.63) is 42.5 Å². The molecule has 5 heteroatoms. The van der Waals surface area contributed by atoms with E-state index in [4.69, 9.17) is 0 Å². The molecule has 0 amide bonds. The monoisotopic (exact) mass is 290 g/mol. The lowest BCUT2D eigenvalue weighted by atomic mass is 10.1. The van der Waals surface area contributed by atoms with Crippen LogP contribution in [-0.4, -0.2) is 26.1 Å². The van der Waals surface area contributed by atoms with Crippen molar-refractivity contribution >= 4 is 11.8 Å². The average molecular weight is 290 g/mol. The molecule has 1 heterocycles. The maximum atomic E-state index is 4.47. The summed E-state index contributed by atoms with van der Waals surface area (Å²) in [7, 11) is 0. The number of nitrogens with zero attached hydrogens (tertiary/aromatic N) is 3. The maximum absolute atomic E-state index is 4.47. The van der Waals surface area contributed by atoms with E-state index in [9.17, 15) is 0 Å². The third-order valence-corrected chi connectivity index (χ3v) is 3.69. The van der Waals surface area contributed by atoms with Crippen molar-refractivity contribution in [2.24, 2.45) is 0 Å². The van der Waals surface area contributed by atoms with Crippen LogP contribution in [0.3, 0.4) is 0 Å². The first-order valence-corrected chi connectivity index (χ1v) is 7.83. The summed E-state index contributed by atoms with van der Waals surface area (Å²) >= 11 is 1.84. The van der Waals surface area contributed by atoms with Crippen molar-refractivity contribution < 1.29 is 0 Å². The van der Waals surface area contributed by atoms with Crippen LogP contribution in [0.15, 0.2) is 41.6 Å². The summed E-state index contributed by atoms with van der Waals surface area (Å²) in [5, 5.41) is 7.86. The molecule has 0 fully saturated rings. The molecule has 1 N–H and O–H groups in total. The summed E-state index contributed by atoms with van der Waals surface area (Å²) in [6, 6.07) is 10.4. The number of hydrogen-bond donors (Lipinski definition) is 1. The Morgan fingerprint density at radius 3 is 2.65 bits per heavy atom. The van der Waals surface area contributed by atoms with Gasteiger partial charge in [0.1, 0.15) is 6.33 Å². The highest BCUT2D eigenvalue weighted by Crippen LogP contribution is 2.16. The van der Waals surface area contributed by atoms with Gasteiger partial charge < -0.3 is 5.32 Å². The number of thioether (sulfide) groups is 1. The highest BCUT2D eigenvalue weighted by molar-refractivity contribution is 7.99. The van der Waals surface area contributed by atoms with Gasteiger partial charge in [-0.05, 0) is 32.9 Å². The number of aromatic nitrogens is 3. The second-order valence-corrected chi connectivity index (χ2v) is 6.86. The van der Waals surface area contributed by atoms with Gasteiger partial charge in [0.15, 0.2) is 5.82 Å². The van der Waals surface area contributed by atoms with Crippen molar-refractivity contribution in [2.75, 3.05) is 5.75 Å². The van der Waals surface area contributed by atoms with Crippen LogP contribution < -0.4 is 5.32 Å². The summed E-state index contributed by atoms with van der Waals surface area (Å²) in [4.78, 5) is 5.62. The van der Waals surface area contributed by atoms with Gasteiger partial charge in [-0.25, -0.2) is 4.98 Å². The van der Waals surface area contributed by atoms with E-state index in [0.717, 1.165) is 18.1 Å². The first-order valence-electron chi connectivity index (χ1n) is 6.84. The molecule has 0 saturated carbocycles. The lowest BCUT2D eigenvalue weighted by Gasteiger charge is -2.19. The number of rotatable bonds is 6. The molecule has 20 heavy (non-hydrogen) atoms. The number of hydrogen-bond acceptors (Lipinski definition) is 4. The van der Waals surface area contributed by atoms with Crippen LogP contribution in [0, 0.1) is 0 Å². The molecule has 0 aliphatic carbocycles. The minimum Gasteiger partial charge on any atom is -0.305 e. The molecule has 0 radical (unpaired) electrons. The van der Waals surface area contributed by atoms with E-state index in [-0.39, 0.29) is 5.54 Å². The van der Waals surface area contributed by atoms with Crippen LogP contribution in [0.1, 0.15) is 26.6 Å². The second-order valence-electron chi connectivity index (χ2n) is 5.69. The zero-order valence-electron chi connectivity index (χ0n) is 12.3. The molecule has 0 aliphatic heterocycles. The van der Waals surface area contributed by atoms with Gasteiger partial charge in [0.05, 0.1) is 13.1 Å². The first-order chi connectivity index (χ1) is 9.53. The highest BCUT2D eigenvalue weighted by atomic mass is 32.2. The largest absolute Gasteiger partial charge is 0.305 e. The van der Waals surface area contributed by atoms with Crippen LogP contribution >= 0.6 is 11.8 Å². The van der Waals surface area contributed by atoms with Crippen molar-refractivity contribution in [3.63, 3.8) is 0 Å². The molecule has 4 nitrogen and oxygen atoms in total. The fourth-order valence-corrected chi connectivity index (χ4v) is 2.50. The van der Waals surface area contributed by atoms with Crippen LogP contribution in [0.2, 0.25) is 0 Å². The lowest BCUT2D eigenvalue weighted by molar-refractivity contribution is 0.416. The summed E-state index contributed by atoms with van der Waals surface area (Å²) in [6.07, 6.45) is 1.81. The Morgan fingerprint density at radius 2 is 1.95 bits per heavy atom. The van der Waals surface area contributed by atoms with Gasteiger partial charge in [0, 0.05) is 16.2 Å². The second kappa shape index (κ2) is 6.90. The number of nitrogens with one attached hydrogen (secondary N) is 1. The molecular weight excluding hydrogens is 268 g/mol. The summed E-state index contributed by atoms with van der Waals surface area (Å²) in [5.41, 5.74) is 0.0919. The Balaban J connectivity index is 1.75. The van der Waals surface area contributed by atoms with Gasteiger partial charge in [-0.15, -0.1) is 11.8 Å². The van der Waals surface area contributed by atoms with Gasteiger partial charge in [-0.3, -0.25) is 4.68 Å². The predicted octanol–water partition coefficient (Wildman–Crippen LogP) is 2.96. The van der Waals surface area contributed by atoms with E-state index in [1.807, 2.05) is 28.8 Å². The molecular formula is C15H22N4S. The standard InChI is InChI=1S/C15H22N4S/c1-15(2,3)17-11-14-16-12-19(18-14)9-10-20-13-7-5-4-6-8-13/h4-8,12,17H,9-11H2,1-3H3. The van der Waals surface area contributed by atoms with E-state index in [0.29, 0.717) is 6.54 Å². The van der Waals surface area contributed by atoms with E-state index in [1.165, 1.54) is 4.90 Å². The molecule has 0 bridgehead atoms. The third-order valence-electron chi connectivity index (χ3n) is 2.69. The molecule has 2 aromatic rings. The van der Waals surface area contributed by atoms with Gasteiger partial charge in [0.25, 0.3) is 0 Å². The Morgan fingerprint density at radius 1 is 1.20 bits per heavy atom. The topological polar surface area (TPSA) is 42.7 Å². The Kier molecular flexibility index (Phi) is 5.20. The Hall–Kier alpha value is -1.33. The molecule has 108 valence electrons. The van der Waals surface area contributed by atoms with Gasteiger partial charge in [0.2, 0.25) is 0 Å². The minimum atomic E-state index is 0.0919. The Labute approximate surface area is 125 Å². The van der Waals surface area contributed by atoms with Crippen molar-refractivity contribution in [1.82, 2.24) is 20.1 Å². The molecule has 2 rings (SSSR count). The smallest absolute Gasteiger partial charge is 0.164 e. The third kappa shape index (κ3) is 5.35. The quantitative estimate of drug-likeness (QED) is 0.831.